The molecule has 0 atom stereocenters. The Labute approximate surface area is 142 Å². The Balaban J connectivity index is 1.65. The van der Waals surface area contributed by atoms with E-state index in [4.69, 9.17) is 14.5 Å². The number of hydrogen-bond donors (Lipinski definition) is 0. The summed E-state index contributed by atoms with van der Waals surface area (Å²) in [6.45, 7) is 0.735. The molecule has 2 fully saturated rings. The highest BCUT2D eigenvalue weighted by atomic mass is 16.5. The molecule has 2 aliphatic carbocycles. The van der Waals surface area contributed by atoms with Crippen LogP contribution >= 0.6 is 0 Å². The maximum absolute atomic E-state index is 12.2. The van der Waals surface area contributed by atoms with Gasteiger partial charge in [0.1, 0.15) is 0 Å². The van der Waals surface area contributed by atoms with Crippen LogP contribution in [0.2, 0.25) is 0 Å². The van der Waals surface area contributed by atoms with Crippen LogP contribution in [0.3, 0.4) is 0 Å². The first-order chi connectivity index (χ1) is 11.8. The molecule has 0 aromatic carbocycles. The summed E-state index contributed by atoms with van der Waals surface area (Å²) in [4.78, 5) is 17.0. The van der Waals surface area contributed by atoms with Crippen LogP contribution in [0, 0.1) is 5.92 Å². The van der Waals surface area contributed by atoms with E-state index in [1.807, 2.05) is 22.7 Å². The number of pyridine rings is 1. The zero-order valence-electron chi connectivity index (χ0n) is 14.2. The third-order valence-corrected chi connectivity index (χ3v) is 5.18. The Morgan fingerprint density at radius 1 is 1.25 bits per heavy atom. The number of rotatable bonds is 5. The van der Waals surface area contributed by atoms with Gasteiger partial charge in [0, 0.05) is 12.1 Å². The fraction of sp³-hybridized carbons (Fsp3) is 0.579. The molecular formula is C19H24N2O3. The third-order valence-electron chi connectivity index (χ3n) is 5.18. The van der Waals surface area contributed by atoms with Crippen molar-refractivity contribution in [2.45, 2.75) is 50.9 Å². The van der Waals surface area contributed by atoms with Gasteiger partial charge in [-0.15, -0.1) is 0 Å². The maximum atomic E-state index is 12.2. The summed E-state index contributed by atoms with van der Waals surface area (Å²) in [6, 6.07) is 3.86. The lowest BCUT2D eigenvalue weighted by atomic mass is 9.90. The highest BCUT2D eigenvalue weighted by molar-refractivity contribution is 5.90. The number of carbonyl (C=O) groups is 1. The highest BCUT2D eigenvalue weighted by Crippen LogP contribution is 2.42. The molecule has 0 unspecified atom stereocenters. The van der Waals surface area contributed by atoms with Gasteiger partial charge in [0.25, 0.3) is 0 Å². The van der Waals surface area contributed by atoms with E-state index in [1.54, 1.807) is 0 Å². The Kier molecular flexibility index (Phi) is 4.17. The standard InChI is InChI=1S/C19H24N2O3/c1-23-19(22)17-16(14-9-10-14)20-18-15(8-5-11-21(17)18)24-12-13-6-3-2-4-7-13/h5,8,11,13-14H,2-4,6-7,9-10,12H2,1H3. The molecule has 2 aliphatic rings. The van der Waals surface area contributed by atoms with Gasteiger partial charge in [-0.3, -0.25) is 4.40 Å². The number of nitrogens with zero attached hydrogens (tertiary/aromatic N) is 2. The molecule has 2 aromatic rings. The van der Waals surface area contributed by atoms with Gasteiger partial charge in [-0.2, -0.15) is 0 Å². The third kappa shape index (κ3) is 2.87. The summed E-state index contributed by atoms with van der Waals surface area (Å²) >= 11 is 0. The lowest BCUT2D eigenvalue weighted by Gasteiger charge is -2.21. The van der Waals surface area contributed by atoms with E-state index < -0.39 is 0 Å². The Hall–Kier alpha value is -2.04. The van der Waals surface area contributed by atoms with Crippen molar-refractivity contribution < 1.29 is 14.3 Å². The lowest BCUT2D eigenvalue weighted by molar-refractivity contribution is 0.0591. The fourth-order valence-electron chi connectivity index (χ4n) is 3.68. The summed E-state index contributed by atoms with van der Waals surface area (Å²) in [5.41, 5.74) is 2.14. The summed E-state index contributed by atoms with van der Waals surface area (Å²) < 4.78 is 12.9. The van der Waals surface area contributed by atoms with Crippen LogP contribution < -0.4 is 4.74 Å². The largest absolute Gasteiger partial charge is 0.489 e. The van der Waals surface area contributed by atoms with Crippen molar-refractivity contribution in [2.75, 3.05) is 13.7 Å². The minimum atomic E-state index is -0.325. The smallest absolute Gasteiger partial charge is 0.357 e. The summed E-state index contributed by atoms with van der Waals surface area (Å²) in [7, 11) is 1.42. The number of hydrogen-bond acceptors (Lipinski definition) is 4. The van der Waals surface area contributed by atoms with Crippen molar-refractivity contribution in [3.05, 3.63) is 29.7 Å². The average molecular weight is 328 g/mol. The zero-order valence-corrected chi connectivity index (χ0v) is 14.2. The predicted octanol–water partition coefficient (Wildman–Crippen LogP) is 3.96. The van der Waals surface area contributed by atoms with E-state index >= 15 is 0 Å². The Morgan fingerprint density at radius 3 is 2.75 bits per heavy atom. The normalized spacial score (nSPS) is 18.7. The second-order valence-corrected chi connectivity index (χ2v) is 6.99. The second-order valence-electron chi connectivity index (χ2n) is 6.99. The SMILES string of the molecule is COC(=O)c1c(C2CC2)nc2c(OCC3CCCCC3)cccn12. The fourth-order valence-corrected chi connectivity index (χ4v) is 3.68. The van der Waals surface area contributed by atoms with Crippen LogP contribution in [-0.2, 0) is 4.74 Å². The summed E-state index contributed by atoms with van der Waals surface area (Å²) in [5.74, 6) is 1.45. The number of carbonyl (C=O) groups excluding carboxylic acids is 1. The van der Waals surface area contributed by atoms with Crippen molar-refractivity contribution in [1.29, 1.82) is 0 Å². The van der Waals surface area contributed by atoms with Gasteiger partial charge in [-0.25, -0.2) is 9.78 Å². The van der Waals surface area contributed by atoms with Gasteiger partial charge in [0.05, 0.1) is 19.4 Å². The van der Waals surface area contributed by atoms with Crippen LogP contribution in [-0.4, -0.2) is 29.1 Å². The van der Waals surface area contributed by atoms with Crippen molar-refractivity contribution >= 4 is 11.6 Å². The molecular weight excluding hydrogens is 304 g/mol. The van der Waals surface area contributed by atoms with E-state index in [0.29, 0.717) is 17.5 Å². The predicted molar refractivity (Wildman–Crippen MR) is 90.6 cm³/mol. The van der Waals surface area contributed by atoms with Gasteiger partial charge in [0.15, 0.2) is 17.1 Å². The van der Waals surface area contributed by atoms with E-state index in [1.165, 1.54) is 39.2 Å². The molecule has 0 bridgehead atoms. The van der Waals surface area contributed by atoms with Crippen molar-refractivity contribution in [3.63, 3.8) is 0 Å². The first kappa shape index (κ1) is 15.5. The maximum Gasteiger partial charge on any atom is 0.357 e. The topological polar surface area (TPSA) is 52.8 Å². The molecule has 24 heavy (non-hydrogen) atoms. The zero-order chi connectivity index (χ0) is 16.5. The van der Waals surface area contributed by atoms with Crippen LogP contribution in [0.1, 0.15) is 67.0 Å². The molecule has 0 N–H and O–H groups in total. The minimum Gasteiger partial charge on any atom is -0.489 e. The van der Waals surface area contributed by atoms with Gasteiger partial charge in [0.2, 0.25) is 0 Å². The molecule has 5 heteroatoms. The molecule has 128 valence electrons. The quantitative estimate of drug-likeness (QED) is 0.780. The molecule has 2 heterocycles. The number of aromatic nitrogens is 2. The van der Waals surface area contributed by atoms with Gasteiger partial charge in [-0.05, 0) is 43.7 Å². The molecule has 5 nitrogen and oxygen atoms in total. The van der Waals surface area contributed by atoms with Crippen molar-refractivity contribution in [2.24, 2.45) is 5.92 Å². The number of fused-ring (bicyclic) bond motifs is 1. The Morgan fingerprint density at radius 2 is 2.04 bits per heavy atom. The number of esters is 1. The van der Waals surface area contributed by atoms with Crippen molar-refractivity contribution in [1.82, 2.24) is 9.38 Å². The molecule has 0 amide bonds. The molecule has 2 saturated carbocycles. The average Bonchev–Trinajstić information content (AvgIpc) is 3.40. The Bertz CT molecular complexity index is 742. The second kappa shape index (κ2) is 6.46. The van der Waals surface area contributed by atoms with E-state index in [9.17, 15) is 4.79 Å². The van der Waals surface area contributed by atoms with E-state index in [0.717, 1.165) is 36.5 Å². The summed E-state index contributed by atoms with van der Waals surface area (Å²) in [5, 5.41) is 0. The van der Waals surface area contributed by atoms with E-state index in [2.05, 4.69) is 0 Å². The molecule has 0 radical (unpaired) electrons. The minimum absolute atomic E-state index is 0.325. The summed E-state index contributed by atoms with van der Waals surface area (Å²) in [6.07, 6.45) is 10.5. The number of ether oxygens (including phenoxy) is 2. The monoisotopic (exact) mass is 328 g/mol. The first-order valence-electron chi connectivity index (χ1n) is 9.00. The lowest BCUT2D eigenvalue weighted by Crippen LogP contribution is -2.15. The molecule has 0 aliphatic heterocycles. The van der Waals surface area contributed by atoms with Gasteiger partial charge < -0.3 is 9.47 Å². The van der Waals surface area contributed by atoms with Crippen LogP contribution in [0.25, 0.3) is 5.65 Å². The highest BCUT2D eigenvalue weighted by Gasteiger charge is 2.33. The van der Waals surface area contributed by atoms with Gasteiger partial charge in [-0.1, -0.05) is 19.3 Å². The molecule has 4 rings (SSSR count). The molecule has 0 spiro atoms. The molecule has 0 saturated heterocycles. The number of methoxy groups -OCH3 is 1. The van der Waals surface area contributed by atoms with E-state index in [-0.39, 0.29) is 5.97 Å². The van der Waals surface area contributed by atoms with Gasteiger partial charge >= 0.3 is 5.97 Å². The first-order valence-corrected chi connectivity index (χ1v) is 9.00. The molecule has 2 aromatic heterocycles. The van der Waals surface area contributed by atoms with Crippen molar-refractivity contribution in [3.8, 4) is 5.75 Å². The van der Waals surface area contributed by atoms with Crippen LogP contribution in [0.5, 0.6) is 5.75 Å². The van der Waals surface area contributed by atoms with Crippen LogP contribution in [0.15, 0.2) is 18.3 Å². The number of imidazole rings is 1. The van der Waals surface area contributed by atoms with Crippen LogP contribution in [0.4, 0.5) is 0 Å².